The predicted octanol–water partition coefficient (Wildman–Crippen LogP) is 1.39. The van der Waals surface area contributed by atoms with Crippen molar-refractivity contribution in [3.63, 3.8) is 0 Å². The summed E-state index contributed by atoms with van der Waals surface area (Å²) in [6.45, 7) is 3.85. The first-order valence-corrected chi connectivity index (χ1v) is 5.47. The Labute approximate surface area is 104 Å². The van der Waals surface area contributed by atoms with Crippen molar-refractivity contribution in [1.82, 2.24) is 24.7 Å². The first-order valence-electron chi connectivity index (χ1n) is 5.10. The maximum Gasteiger partial charge on any atom is 0.256 e. The summed E-state index contributed by atoms with van der Waals surface area (Å²) in [5, 5.41) is 4.47. The number of aromatic nitrogens is 5. The third kappa shape index (κ3) is 2.36. The van der Waals surface area contributed by atoms with E-state index in [0.717, 1.165) is 11.4 Å². The molecule has 2 heterocycles. The largest absolute Gasteiger partial charge is 0.347 e. The molecule has 0 unspecified atom stereocenters. The van der Waals surface area contributed by atoms with Crippen molar-refractivity contribution in [2.45, 2.75) is 13.8 Å². The maximum atomic E-state index is 5.87. The molecule has 0 atom stereocenters. The van der Waals surface area contributed by atoms with E-state index >= 15 is 0 Å². The van der Waals surface area contributed by atoms with Crippen molar-refractivity contribution in [3.8, 4) is 5.95 Å². The van der Waals surface area contributed by atoms with E-state index in [1.165, 1.54) is 0 Å². The lowest BCUT2D eigenvalue weighted by atomic mass is 10.4. The van der Waals surface area contributed by atoms with E-state index in [4.69, 9.17) is 11.6 Å². The van der Waals surface area contributed by atoms with E-state index < -0.39 is 0 Å². The van der Waals surface area contributed by atoms with Crippen molar-refractivity contribution >= 4 is 17.5 Å². The van der Waals surface area contributed by atoms with Gasteiger partial charge in [-0.25, -0.2) is 4.68 Å². The molecular weight excluding hydrogens is 240 g/mol. The van der Waals surface area contributed by atoms with Crippen molar-refractivity contribution in [2.24, 2.45) is 0 Å². The van der Waals surface area contributed by atoms with Gasteiger partial charge in [0.1, 0.15) is 0 Å². The van der Waals surface area contributed by atoms with E-state index in [-0.39, 0.29) is 5.28 Å². The van der Waals surface area contributed by atoms with Gasteiger partial charge in [-0.05, 0) is 31.5 Å². The van der Waals surface area contributed by atoms with Gasteiger partial charge in [-0.3, -0.25) is 0 Å². The van der Waals surface area contributed by atoms with Gasteiger partial charge >= 0.3 is 0 Å². The summed E-state index contributed by atoms with van der Waals surface area (Å²) in [6, 6.07) is 1.95. The highest BCUT2D eigenvalue weighted by Gasteiger charge is 2.11. The smallest absolute Gasteiger partial charge is 0.256 e. The van der Waals surface area contributed by atoms with Crippen molar-refractivity contribution in [2.75, 3.05) is 19.0 Å². The Morgan fingerprint density at radius 1 is 1.18 bits per heavy atom. The molecular formula is C10H13ClN6. The minimum absolute atomic E-state index is 0.159. The quantitative estimate of drug-likeness (QED) is 0.809. The number of anilines is 1. The molecule has 0 aliphatic heterocycles. The van der Waals surface area contributed by atoms with E-state index in [2.05, 4.69) is 20.1 Å². The Kier molecular flexibility index (Phi) is 2.97. The summed E-state index contributed by atoms with van der Waals surface area (Å²) in [5.41, 5.74) is 1.86. The second-order valence-corrected chi connectivity index (χ2v) is 4.28. The lowest BCUT2D eigenvalue weighted by Crippen LogP contribution is -2.16. The number of hydrogen-bond acceptors (Lipinski definition) is 5. The van der Waals surface area contributed by atoms with Crippen LogP contribution >= 0.6 is 11.6 Å². The lowest BCUT2D eigenvalue weighted by molar-refractivity contribution is 0.759. The van der Waals surface area contributed by atoms with Crippen LogP contribution in [-0.2, 0) is 0 Å². The van der Waals surface area contributed by atoms with Crippen LogP contribution in [0.15, 0.2) is 6.07 Å². The molecule has 0 saturated heterocycles. The Bertz CT molecular complexity index is 548. The fourth-order valence-electron chi connectivity index (χ4n) is 1.46. The summed E-state index contributed by atoms with van der Waals surface area (Å²) in [6.07, 6.45) is 0. The number of rotatable bonds is 2. The van der Waals surface area contributed by atoms with E-state index in [1.807, 2.05) is 34.0 Å². The highest BCUT2D eigenvalue weighted by molar-refractivity contribution is 6.28. The Morgan fingerprint density at radius 2 is 1.88 bits per heavy atom. The third-order valence-electron chi connectivity index (χ3n) is 2.18. The Balaban J connectivity index is 2.55. The predicted molar refractivity (Wildman–Crippen MR) is 65.8 cm³/mol. The van der Waals surface area contributed by atoms with Crippen LogP contribution in [0.2, 0.25) is 5.28 Å². The summed E-state index contributed by atoms with van der Waals surface area (Å²) >= 11 is 5.87. The van der Waals surface area contributed by atoms with E-state index in [0.29, 0.717) is 11.9 Å². The highest BCUT2D eigenvalue weighted by Crippen LogP contribution is 2.13. The van der Waals surface area contributed by atoms with Gasteiger partial charge < -0.3 is 4.90 Å². The first kappa shape index (κ1) is 11.8. The van der Waals surface area contributed by atoms with Crippen LogP contribution in [0.1, 0.15) is 11.4 Å². The second-order valence-electron chi connectivity index (χ2n) is 3.94. The van der Waals surface area contributed by atoms with Gasteiger partial charge in [-0.1, -0.05) is 0 Å². The molecule has 6 nitrogen and oxygen atoms in total. The van der Waals surface area contributed by atoms with Gasteiger partial charge in [-0.2, -0.15) is 20.1 Å². The van der Waals surface area contributed by atoms with Gasteiger partial charge in [0.15, 0.2) is 0 Å². The minimum atomic E-state index is 0.159. The molecule has 0 fully saturated rings. The fraction of sp³-hybridized carbons (Fsp3) is 0.400. The van der Waals surface area contributed by atoms with Gasteiger partial charge in [-0.15, -0.1) is 0 Å². The molecule has 0 saturated carbocycles. The van der Waals surface area contributed by atoms with Crippen LogP contribution in [-0.4, -0.2) is 38.8 Å². The Morgan fingerprint density at radius 3 is 2.41 bits per heavy atom. The molecule has 0 spiro atoms. The molecule has 0 N–H and O–H groups in total. The molecule has 0 aromatic carbocycles. The molecule has 2 aromatic heterocycles. The molecule has 7 heteroatoms. The molecule has 0 bridgehead atoms. The van der Waals surface area contributed by atoms with Gasteiger partial charge in [0.2, 0.25) is 11.2 Å². The fourth-order valence-corrected chi connectivity index (χ4v) is 1.61. The second kappa shape index (κ2) is 4.29. The average molecular weight is 253 g/mol. The van der Waals surface area contributed by atoms with Gasteiger partial charge in [0.05, 0.1) is 5.69 Å². The molecule has 0 aliphatic rings. The van der Waals surface area contributed by atoms with Gasteiger partial charge in [0.25, 0.3) is 5.95 Å². The Hall–Kier alpha value is -1.69. The van der Waals surface area contributed by atoms with E-state index in [9.17, 15) is 0 Å². The SMILES string of the molecule is Cc1cc(C)n(-c2nc(Cl)nc(N(C)C)n2)n1. The topological polar surface area (TPSA) is 59.7 Å². The molecule has 0 aliphatic carbocycles. The summed E-state index contributed by atoms with van der Waals surface area (Å²) < 4.78 is 1.65. The molecule has 0 radical (unpaired) electrons. The van der Waals surface area contributed by atoms with Crippen molar-refractivity contribution in [1.29, 1.82) is 0 Å². The standard InChI is InChI=1S/C10H13ClN6/c1-6-5-7(2)17(15-6)10-13-8(11)12-9(14-10)16(3)4/h5H,1-4H3. The summed E-state index contributed by atoms with van der Waals surface area (Å²) in [4.78, 5) is 14.2. The number of hydrogen-bond donors (Lipinski definition) is 0. The van der Waals surface area contributed by atoms with Gasteiger partial charge in [0, 0.05) is 19.8 Å². The number of halogens is 1. The normalized spacial score (nSPS) is 10.6. The third-order valence-corrected chi connectivity index (χ3v) is 2.35. The molecule has 2 rings (SSSR count). The van der Waals surface area contributed by atoms with Crippen molar-refractivity contribution < 1.29 is 0 Å². The summed E-state index contributed by atoms with van der Waals surface area (Å²) in [5.74, 6) is 0.937. The van der Waals surface area contributed by atoms with Crippen LogP contribution in [0, 0.1) is 13.8 Å². The molecule has 17 heavy (non-hydrogen) atoms. The van der Waals surface area contributed by atoms with Crippen LogP contribution in [0.25, 0.3) is 5.95 Å². The zero-order valence-electron chi connectivity index (χ0n) is 10.1. The number of nitrogens with zero attached hydrogens (tertiary/aromatic N) is 6. The van der Waals surface area contributed by atoms with Crippen LogP contribution in [0.4, 0.5) is 5.95 Å². The van der Waals surface area contributed by atoms with Crippen LogP contribution < -0.4 is 4.90 Å². The highest BCUT2D eigenvalue weighted by atomic mass is 35.5. The van der Waals surface area contributed by atoms with Crippen molar-refractivity contribution in [3.05, 3.63) is 22.7 Å². The first-order chi connectivity index (χ1) is 7.97. The number of aryl methyl sites for hydroxylation is 2. The lowest BCUT2D eigenvalue weighted by Gasteiger charge is -2.11. The minimum Gasteiger partial charge on any atom is -0.347 e. The monoisotopic (exact) mass is 252 g/mol. The van der Waals surface area contributed by atoms with Crippen LogP contribution in [0.3, 0.4) is 0 Å². The summed E-state index contributed by atoms with van der Waals surface area (Å²) in [7, 11) is 3.69. The maximum absolute atomic E-state index is 5.87. The zero-order valence-corrected chi connectivity index (χ0v) is 10.9. The van der Waals surface area contributed by atoms with E-state index in [1.54, 1.807) is 9.58 Å². The zero-order chi connectivity index (χ0) is 12.6. The molecule has 0 amide bonds. The van der Waals surface area contributed by atoms with Crippen LogP contribution in [0.5, 0.6) is 0 Å². The molecule has 2 aromatic rings. The average Bonchev–Trinajstić information content (AvgIpc) is 2.57. The molecule has 90 valence electrons.